The highest BCUT2D eigenvalue weighted by atomic mass is 79.9. The van der Waals surface area contributed by atoms with Crippen molar-refractivity contribution in [3.05, 3.63) is 33.7 Å². The van der Waals surface area contributed by atoms with Crippen LogP contribution in [0.2, 0.25) is 0 Å². The molecule has 0 atom stereocenters. The summed E-state index contributed by atoms with van der Waals surface area (Å²) in [4.78, 5) is 14.3. The van der Waals surface area contributed by atoms with Crippen LogP contribution < -0.4 is 0 Å². The van der Waals surface area contributed by atoms with E-state index in [9.17, 15) is 18.0 Å². The lowest BCUT2D eigenvalue weighted by Gasteiger charge is -2.02. The number of nitrogens with zero attached hydrogens (tertiary/aromatic N) is 2. The summed E-state index contributed by atoms with van der Waals surface area (Å²) < 4.78 is 39.7. The van der Waals surface area contributed by atoms with E-state index < -0.39 is 17.6 Å². The highest BCUT2D eigenvalue weighted by Crippen LogP contribution is 2.32. The van der Waals surface area contributed by atoms with E-state index in [1.165, 1.54) is 6.20 Å². The fraction of sp³-hybridized carbons (Fsp3) is 0.200. The van der Waals surface area contributed by atoms with Gasteiger partial charge in [0.05, 0.1) is 0 Å². The van der Waals surface area contributed by atoms with Crippen LogP contribution >= 0.6 is 15.9 Å². The number of hydrogen-bond donors (Lipinski definition) is 0. The molecule has 0 bridgehead atoms. The molecule has 0 aliphatic rings. The van der Waals surface area contributed by atoms with Gasteiger partial charge in [0.15, 0.2) is 12.0 Å². The number of pyridine rings is 1. The predicted molar refractivity (Wildman–Crippen MR) is 58.0 cm³/mol. The van der Waals surface area contributed by atoms with E-state index in [0.717, 1.165) is 4.40 Å². The van der Waals surface area contributed by atoms with Crippen LogP contribution in [-0.4, -0.2) is 15.7 Å². The monoisotopic (exact) mass is 306 g/mol. The lowest BCUT2D eigenvalue weighted by molar-refractivity contribution is -0.141. The topological polar surface area (TPSA) is 34.4 Å². The van der Waals surface area contributed by atoms with E-state index in [-0.39, 0.29) is 11.9 Å². The number of aryl methyl sites for hydroxylation is 1. The molecule has 0 N–H and O–H groups in total. The summed E-state index contributed by atoms with van der Waals surface area (Å²) in [6.45, 7) is 1.63. The average Bonchev–Trinajstić information content (AvgIpc) is 2.55. The number of alkyl halides is 3. The molecule has 0 spiro atoms. The molecule has 0 radical (unpaired) electrons. The van der Waals surface area contributed by atoms with Crippen LogP contribution in [0.3, 0.4) is 0 Å². The highest BCUT2D eigenvalue weighted by molar-refractivity contribution is 9.10. The minimum Gasteiger partial charge on any atom is -0.296 e. The van der Waals surface area contributed by atoms with Crippen LogP contribution in [0, 0.1) is 6.92 Å². The van der Waals surface area contributed by atoms with Crippen molar-refractivity contribution in [3.8, 4) is 0 Å². The fourth-order valence-corrected chi connectivity index (χ4v) is 2.16. The smallest absolute Gasteiger partial charge is 0.296 e. The van der Waals surface area contributed by atoms with Gasteiger partial charge in [0.25, 0.3) is 0 Å². The average molecular weight is 307 g/mol. The third kappa shape index (κ3) is 1.95. The Labute approximate surface area is 102 Å². The predicted octanol–water partition coefficient (Wildman–Crippen LogP) is 3.24. The molecule has 0 amide bonds. The second-order valence-electron chi connectivity index (χ2n) is 3.50. The van der Waals surface area contributed by atoms with Crippen LogP contribution in [0.15, 0.2) is 16.7 Å². The van der Waals surface area contributed by atoms with Gasteiger partial charge in [-0.15, -0.1) is 0 Å². The molecule has 2 rings (SSSR count). The molecular weight excluding hydrogens is 301 g/mol. The van der Waals surface area contributed by atoms with Crippen molar-refractivity contribution in [1.82, 2.24) is 9.38 Å². The molecule has 2 aromatic heterocycles. The summed E-state index contributed by atoms with van der Waals surface area (Å²) in [6, 6.07) is 1.64. The third-order valence-corrected chi connectivity index (χ3v) is 2.72. The van der Waals surface area contributed by atoms with E-state index in [4.69, 9.17) is 0 Å². The first kappa shape index (κ1) is 12.1. The first-order chi connectivity index (χ1) is 7.84. The number of carbonyl (C=O) groups is 1. The standard InChI is InChI=1S/C10H6BrF3N2O/c1-5-2-6(11)3-16-7(4-17)8(10(12,13)14)15-9(5)16/h2-4H,1H3. The largest absolute Gasteiger partial charge is 0.435 e. The zero-order chi connectivity index (χ0) is 12.8. The molecule has 2 heterocycles. The number of carbonyl (C=O) groups excluding carboxylic acids is 1. The van der Waals surface area contributed by atoms with Gasteiger partial charge in [-0.05, 0) is 34.5 Å². The van der Waals surface area contributed by atoms with Crippen LogP contribution in [0.1, 0.15) is 21.7 Å². The van der Waals surface area contributed by atoms with Crippen LogP contribution in [0.25, 0.3) is 5.65 Å². The molecule has 0 saturated heterocycles. The lowest BCUT2D eigenvalue weighted by Crippen LogP contribution is -2.09. The minimum absolute atomic E-state index is 0.127. The number of fused-ring (bicyclic) bond motifs is 1. The van der Waals surface area contributed by atoms with Crippen molar-refractivity contribution < 1.29 is 18.0 Å². The molecule has 0 aromatic carbocycles. The summed E-state index contributed by atoms with van der Waals surface area (Å²) in [6.07, 6.45) is -3.09. The quantitative estimate of drug-likeness (QED) is 0.758. The number of aromatic nitrogens is 2. The van der Waals surface area contributed by atoms with E-state index in [2.05, 4.69) is 20.9 Å². The Balaban J connectivity index is 2.90. The Bertz CT molecular complexity index is 604. The van der Waals surface area contributed by atoms with E-state index in [0.29, 0.717) is 10.0 Å². The van der Waals surface area contributed by atoms with Gasteiger partial charge in [-0.25, -0.2) is 4.98 Å². The molecule has 0 aliphatic carbocycles. The molecule has 0 aliphatic heterocycles. The van der Waals surface area contributed by atoms with Crippen molar-refractivity contribution in [3.63, 3.8) is 0 Å². The molecule has 2 aromatic rings. The SMILES string of the molecule is Cc1cc(Br)cn2c(C=O)c(C(F)(F)F)nc12. The third-order valence-electron chi connectivity index (χ3n) is 2.29. The number of rotatable bonds is 1. The zero-order valence-corrected chi connectivity index (χ0v) is 10.1. The van der Waals surface area contributed by atoms with Gasteiger partial charge in [-0.3, -0.25) is 9.20 Å². The molecule has 17 heavy (non-hydrogen) atoms. The van der Waals surface area contributed by atoms with Crippen LogP contribution in [-0.2, 0) is 6.18 Å². The summed E-state index contributed by atoms with van der Waals surface area (Å²) >= 11 is 3.16. The van der Waals surface area contributed by atoms with Gasteiger partial charge in [0.2, 0.25) is 0 Å². The number of imidazole rings is 1. The Morgan fingerprint density at radius 2 is 2.12 bits per heavy atom. The molecular formula is C10H6BrF3N2O. The van der Waals surface area contributed by atoms with E-state index in [1.807, 2.05) is 0 Å². The molecule has 0 saturated carbocycles. The highest BCUT2D eigenvalue weighted by Gasteiger charge is 2.38. The Morgan fingerprint density at radius 1 is 1.47 bits per heavy atom. The summed E-state index contributed by atoms with van der Waals surface area (Å²) in [7, 11) is 0. The van der Waals surface area contributed by atoms with E-state index in [1.54, 1.807) is 13.0 Å². The van der Waals surface area contributed by atoms with Gasteiger partial charge in [0, 0.05) is 10.7 Å². The van der Waals surface area contributed by atoms with Crippen molar-refractivity contribution in [2.75, 3.05) is 0 Å². The minimum atomic E-state index is -4.64. The zero-order valence-electron chi connectivity index (χ0n) is 8.55. The molecule has 0 unspecified atom stereocenters. The van der Waals surface area contributed by atoms with Crippen LogP contribution in [0.5, 0.6) is 0 Å². The molecule has 7 heteroatoms. The van der Waals surface area contributed by atoms with Gasteiger partial charge in [0.1, 0.15) is 11.3 Å². The first-order valence-corrected chi connectivity index (χ1v) is 5.34. The Hall–Kier alpha value is -1.37. The summed E-state index contributed by atoms with van der Waals surface area (Å²) in [5.41, 5.74) is -0.966. The van der Waals surface area contributed by atoms with Gasteiger partial charge >= 0.3 is 6.18 Å². The second kappa shape index (κ2) is 3.83. The normalized spacial score (nSPS) is 12.1. The van der Waals surface area contributed by atoms with Crippen molar-refractivity contribution in [2.24, 2.45) is 0 Å². The van der Waals surface area contributed by atoms with Gasteiger partial charge in [-0.2, -0.15) is 13.2 Å². The summed E-state index contributed by atoms with van der Waals surface area (Å²) in [5.74, 6) is 0. The maximum atomic E-state index is 12.7. The molecule has 3 nitrogen and oxygen atoms in total. The first-order valence-electron chi connectivity index (χ1n) is 4.55. The number of halogens is 4. The van der Waals surface area contributed by atoms with E-state index >= 15 is 0 Å². The van der Waals surface area contributed by atoms with Gasteiger partial charge in [-0.1, -0.05) is 0 Å². The van der Waals surface area contributed by atoms with Crippen molar-refractivity contribution >= 4 is 27.9 Å². The Kier molecular flexibility index (Phi) is 2.73. The Morgan fingerprint density at radius 3 is 2.65 bits per heavy atom. The number of aldehydes is 1. The maximum Gasteiger partial charge on any atom is 0.435 e. The molecule has 90 valence electrons. The second-order valence-corrected chi connectivity index (χ2v) is 4.41. The molecule has 0 fully saturated rings. The fourth-order valence-electron chi connectivity index (χ4n) is 1.61. The van der Waals surface area contributed by atoms with Crippen LogP contribution in [0.4, 0.5) is 13.2 Å². The van der Waals surface area contributed by atoms with Crippen molar-refractivity contribution in [1.29, 1.82) is 0 Å². The van der Waals surface area contributed by atoms with Gasteiger partial charge < -0.3 is 0 Å². The lowest BCUT2D eigenvalue weighted by atomic mass is 10.3. The van der Waals surface area contributed by atoms with Crippen molar-refractivity contribution in [2.45, 2.75) is 13.1 Å². The maximum absolute atomic E-state index is 12.7. The summed E-state index contributed by atoms with van der Waals surface area (Å²) in [5, 5.41) is 0. The number of hydrogen-bond acceptors (Lipinski definition) is 2.